The van der Waals surface area contributed by atoms with Crippen molar-refractivity contribution in [2.75, 3.05) is 20.2 Å². The second-order valence-electron chi connectivity index (χ2n) is 7.75. The van der Waals surface area contributed by atoms with Crippen molar-refractivity contribution in [2.24, 2.45) is 11.3 Å². The molecule has 2 aliphatic rings. The number of hydrogen-bond acceptors (Lipinski definition) is 5. The van der Waals surface area contributed by atoms with E-state index >= 15 is 0 Å². The summed E-state index contributed by atoms with van der Waals surface area (Å²) < 4.78 is 6.60. The van der Waals surface area contributed by atoms with Gasteiger partial charge in [0, 0.05) is 26.1 Å². The van der Waals surface area contributed by atoms with Crippen LogP contribution in [0, 0.1) is 11.3 Å². The molecule has 0 N–H and O–H groups in total. The number of carbonyl (C=O) groups is 2. The van der Waals surface area contributed by atoms with Gasteiger partial charge in [-0.25, -0.2) is 4.98 Å². The second-order valence-corrected chi connectivity index (χ2v) is 7.75. The van der Waals surface area contributed by atoms with Gasteiger partial charge in [-0.2, -0.15) is 5.10 Å². The summed E-state index contributed by atoms with van der Waals surface area (Å²) in [6.07, 6.45) is 12.3. The number of aromatic nitrogens is 3. The van der Waals surface area contributed by atoms with Crippen LogP contribution in [0.1, 0.15) is 57.8 Å². The highest BCUT2D eigenvalue weighted by Crippen LogP contribution is 2.47. The Kier molecular flexibility index (Phi) is 6.27. The highest BCUT2D eigenvalue weighted by Gasteiger charge is 2.42. The molecule has 1 aromatic rings. The second kappa shape index (κ2) is 8.64. The van der Waals surface area contributed by atoms with E-state index in [4.69, 9.17) is 0 Å². The first kappa shape index (κ1) is 18.9. The summed E-state index contributed by atoms with van der Waals surface area (Å²) in [5.41, 5.74) is 0.202. The van der Waals surface area contributed by atoms with Crippen LogP contribution in [0.4, 0.5) is 0 Å². The molecule has 7 heteroatoms. The molecule has 1 aromatic heterocycles. The van der Waals surface area contributed by atoms with E-state index in [-0.39, 0.29) is 30.1 Å². The molecule has 0 unspecified atom stereocenters. The van der Waals surface area contributed by atoms with Gasteiger partial charge in [-0.1, -0.05) is 19.3 Å². The van der Waals surface area contributed by atoms with Gasteiger partial charge in [0.15, 0.2) is 0 Å². The third-order valence-electron chi connectivity index (χ3n) is 6.30. The molecule has 26 heavy (non-hydrogen) atoms. The van der Waals surface area contributed by atoms with E-state index in [2.05, 4.69) is 14.8 Å². The predicted molar refractivity (Wildman–Crippen MR) is 96.1 cm³/mol. The number of likely N-dealkylation sites (tertiary alicyclic amines) is 1. The zero-order valence-electron chi connectivity index (χ0n) is 15.7. The summed E-state index contributed by atoms with van der Waals surface area (Å²) in [5, 5.41) is 4.34. The van der Waals surface area contributed by atoms with Crippen LogP contribution < -0.4 is 0 Å². The lowest BCUT2D eigenvalue weighted by molar-refractivity contribution is -0.144. The van der Waals surface area contributed by atoms with E-state index < -0.39 is 0 Å². The Bertz CT molecular complexity index is 588. The lowest BCUT2D eigenvalue weighted by atomic mass is 9.63. The standard InChI is InChI=1S/C19H30N4O3/c1-26-18(25)8-7-17(24)22-11-9-19(10-12-22,13-23-15-20-14-21-23)16-5-3-2-4-6-16/h14-16H,2-13H2,1H3. The topological polar surface area (TPSA) is 77.3 Å². The molecule has 1 aliphatic carbocycles. The predicted octanol–water partition coefficient (Wildman–Crippen LogP) is 2.42. The minimum Gasteiger partial charge on any atom is -0.469 e. The quantitative estimate of drug-likeness (QED) is 0.726. The van der Waals surface area contributed by atoms with Gasteiger partial charge in [0.05, 0.1) is 13.5 Å². The van der Waals surface area contributed by atoms with Gasteiger partial charge < -0.3 is 9.64 Å². The van der Waals surface area contributed by atoms with Crippen LogP contribution >= 0.6 is 0 Å². The van der Waals surface area contributed by atoms with E-state index in [0.29, 0.717) is 5.92 Å². The largest absolute Gasteiger partial charge is 0.469 e. The van der Waals surface area contributed by atoms with Crippen molar-refractivity contribution in [3.05, 3.63) is 12.7 Å². The normalized spacial score (nSPS) is 20.7. The molecule has 1 amide bonds. The zero-order chi connectivity index (χ0) is 18.4. The first-order chi connectivity index (χ1) is 12.6. The summed E-state index contributed by atoms with van der Waals surface area (Å²) in [6.45, 7) is 2.43. The molecular weight excluding hydrogens is 332 g/mol. The number of piperidine rings is 1. The summed E-state index contributed by atoms with van der Waals surface area (Å²) in [5.74, 6) is 0.444. The minimum atomic E-state index is -0.321. The molecule has 2 fully saturated rings. The highest BCUT2D eigenvalue weighted by molar-refractivity contribution is 5.81. The van der Waals surface area contributed by atoms with E-state index in [1.807, 2.05) is 9.58 Å². The van der Waals surface area contributed by atoms with E-state index in [1.165, 1.54) is 39.2 Å². The molecular formula is C19H30N4O3. The first-order valence-electron chi connectivity index (χ1n) is 9.80. The molecule has 1 saturated carbocycles. The van der Waals surface area contributed by atoms with Gasteiger partial charge in [-0.15, -0.1) is 0 Å². The fourth-order valence-corrected chi connectivity index (χ4v) is 4.72. The number of rotatable bonds is 6. The lowest BCUT2D eigenvalue weighted by Gasteiger charge is -2.48. The molecule has 144 valence electrons. The van der Waals surface area contributed by atoms with Crippen LogP contribution in [0.3, 0.4) is 0 Å². The smallest absolute Gasteiger partial charge is 0.306 e. The van der Waals surface area contributed by atoms with Crippen molar-refractivity contribution in [2.45, 2.75) is 64.3 Å². The van der Waals surface area contributed by atoms with Crippen LogP contribution in [-0.2, 0) is 20.9 Å². The number of methoxy groups -OCH3 is 1. The minimum absolute atomic E-state index is 0.0633. The SMILES string of the molecule is COC(=O)CCC(=O)N1CCC(Cn2cncn2)(C2CCCCC2)CC1. The average Bonchev–Trinajstić information content (AvgIpc) is 3.20. The fourth-order valence-electron chi connectivity index (χ4n) is 4.72. The number of ether oxygens (including phenoxy) is 1. The van der Waals surface area contributed by atoms with Crippen molar-refractivity contribution in [3.63, 3.8) is 0 Å². The number of esters is 1. The Balaban J connectivity index is 1.62. The van der Waals surface area contributed by atoms with E-state index in [9.17, 15) is 9.59 Å². The molecule has 0 atom stereocenters. The van der Waals surface area contributed by atoms with Crippen LogP contribution in [0.2, 0.25) is 0 Å². The van der Waals surface area contributed by atoms with Crippen LogP contribution in [0.5, 0.6) is 0 Å². The molecule has 0 bridgehead atoms. The Morgan fingerprint density at radius 1 is 1.15 bits per heavy atom. The van der Waals surface area contributed by atoms with Gasteiger partial charge in [0.1, 0.15) is 12.7 Å². The van der Waals surface area contributed by atoms with E-state index in [1.54, 1.807) is 12.7 Å². The third kappa shape index (κ3) is 4.43. The van der Waals surface area contributed by atoms with Crippen LogP contribution in [0.25, 0.3) is 0 Å². The monoisotopic (exact) mass is 362 g/mol. The Morgan fingerprint density at radius 2 is 1.88 bits per heavy atom. The van der Waals surface area contributed by atoms with Crippen molar-refractivity contribution in [1.29, 1.82) is 0 Å². The van der Waals surface area contributed by atoms with Crippen LogP contribution in [0.15, 0.2) is 12.7 Å². The Morgan fingerprint density at radius 3 is 2.50 bits per heavy atom. The van der Waals surface area contributed by atoms with Crippen molar-refractivity contribution in [1.82, 2.24) is 19.7 Å². The number of nitrogens with zero attached hydrogens (tertiary/aromatic N) is 4. The molecule has 1 saturated heterocycles. The summed E-state index contributed by atoms with van der Waals surface area (Å²) in [7, 11) is 1.36. The third-order valence-corrected chi connectivity index (χ3v) is 6.30. The summed E-state index contributed by atoms with van der Waals surface area (Å²) >= 11 is 0. The van der Waals surface area contributed by atoms with Crippen molar-refractivity contribution in [3.8, 4) is 0 Å². The van der Waals surface area contributed by atoms with Gasteiger partial charge in [-0.05, 0) is 37.0 Å². The zero-order valence-corrected chi connectivity index (χ0v) is 15.7. The lowest BCUT2D eigenvalue weighted by Crippen LogP contribution is -2.48. The van der Waals surface area contributed by atoms with Crippen molar-refractivity contribution >= 4 is 11.9 Å². The maximum absolute atomic E-state index is 12.4. The molecule has 1 aliphatic heterocycles. The highest BCUT2D eigenvalue weighted by atomic mass is 16.5. The fraction of sp³-hybridized carbons (Fsp3) is 0.789. The van der Waals surface area contributed by atoms with Gasteiger partial charge in [0.2, 0.25) is 5.91 Å². The molecule has 7 nitrogen and oxygen atoms in total. The molecule has 0 spiro atoms. The molecule has 0 radical (unpaired) electrons. The Labute approximate surface area is 155 Å². The van der Waals surface area contributed by atoms with Crippen LogP contribution in [-0.4, -0.2) is 51.7 Å². The molecule has 0 aromatic carbocycles. The number of carbonyl (C=O) groups excluding carboxylic acids is 2. The number of amides is 1. The maximum atomic E-state index is 12.4. The molecule has 2 heterocycles. The van der Waals surface area contributed by atoms with Gasteiger partial charge >= 0.3 is 5.97 Å². The van der Waals surface area contributed by atoms with Gasteiger partial charge in [-0.3, -0.25) is 14.3 Å². The van der Waals surface area contributed by atoms with Gasteiger partial charge in [0.25, 0.3) is 0 Å². The average molecular weight is 362 g/mol. The first-order valence-corrected chi connectivity index (χ1v) is 9.80. The Hall–Kier alpha value is -1.92. The number of hydrogen-bond donors (Lipinski definition) is 0. The summed E-state index contributed by atoms with van der Waals surface area (Å²) in [6, 6.07) is 0. The van der Waals surface area contributed by atoms with E-state index in [0.717, 1.165) is 32.5 Å². The summed E-state index contributed by atoms with van der Waals surface area (Å²) in [4.78, 5) is 29.7. The van der Waals surface area contributed by atoms with Crippen molar-refractivity contribution < 1.29 is 14.3 Å². The maximum Gasteiger partial charge on any atom is 0.306 e. The molecule has 3 rings (SSSR count).